The van der Waals surface area contributed by atoms with Crippen LogP contribution in [0.2, 0.25) is 0 Å². The van der Waals surface area contributed by atoms with Gasteiger partial charge in [-0.05, 0) is 67.3 Å². The summed E-state index contributed by atoms with van der Waals surface area (Å²) in [5, 5.41) is 2.19. The van der Waals surface area contributed by atoms with Crippen LogP contribution in [0.4, 0.5) is 0 Å². The van der Waals surface area contributed by atoms with Gasteiger partial charge in [0.1, 0.15) is 0 Å². The van der Waals surface area contributed by atoms with Crippen LogP contribution in [-0.2, 0) is 12.8 Å². The summed E-state index contributed by atoms with van der Waals surface area (Å²) >= 11 is 0. The minimum Gasteiger partial charge on any atom is -0.310 e. The monoisotopic (exact) mass is 280 g/mol. The van der Waals surface area contributed by atoms with Gasteiger partial charge >= 0.3 is 0 Å². The molecule has 3 saturated heterocycles. The highest BCUT2D eigenvalue weighted by Crippen LogP contribution is 2.36. The Hall–Kier alpha value is -1.61. The number of aryl methyl sites for hydroxylation is 2. The first-order valence-corrected chi connectivity index (χ1v) is 8.19. The molecular weight excluding hydrogens is 260 g/mol. The van der Waals surface area contributed by atoms with Crippen molar-refractivity contribution < 1.29 is 0 Å². The molecule has 1 aromatic heterocycles. The zero-order valence-corrected chi connectivity index (χ0v) is 12.2. The molecule has 0 N–H and O–H groups in total. The maximum absolute atomic E-state index is 13.0. The molecular formula is C18H20N2O. The molecule has 3 aliphatic heterocycles. The van der Waals surface area contributed by atoms with Crippen molar-refractivity contribution >= 4 is 10.8 Å². The summed E-state index contributed by atoms with van der Waals surface area (Å²) in [6, 6.07) is 6.64. The highest BCUT2D eigenvalue weighted by atomic mass is 16.1. The van der Waals surface area contributed by atoms with E-state index in [9.17, 15) is 4.79 Å². The number of benzene rings is 1. The number of pyridine rings is 1. The third-order valence-electron chi connectivity index (χ3n) is 5.87. The number of aromatic nitrogens is 1. The lowest BCUT2D eigenvalue weighted by atomic mass is 9.83. The Morgan fingerprint density at radius 1 is 1.05 bits per heavy atom. The molecule has 3 heteroatoms. The maximum Gasteiger partial charge on any atom is 0.258 e. The summed E-state index contributed by atoms with van der Waals surface area (Å²) < 4.78 is 2.09. The first-order chi connectivity index (χ1) is 10.3. The molecule has 4 aliphatic rings. The van der Waals surface area contributed by atoms with Crippen LogP contribution >= 0.6 is 0 Å². The Morgan fingerprint density at radius 2 is 1.86 bits per heavy atom. The van der Waals surface area contributed by atoms with Crippen molar-refractivity contribution in [2.75, 3.05) is 19.6 Å². The average molecular weight is 280 g/mol. The summed E-state index contributed by atoms with van der Waals surface area (Å²) in [5.74, 6) is 0.696. The smallest absolute Gasteiger partial charge is 0.258 e. The second-order valence-electron chi connectivity index (χ2n) is 6.91. The standard InChI is InChI=1S/C18H20N2O/c21-18-15-3-1-2-13-4-5-14(17(13)15)10-20(18)16-11-19-8-6-12(16)7-9-19/h1-3,10,12,16H,4-9,11H2/t16-/m0/s1. The summed E-state index contributed by atoms with van der Waals surface area (Å²) in [7, 11) is 0. The van der Waals surface area contributed by atoms with Gasteiger partial charge in [0.15, 0.2) is 0 Å². The Morgan fingerprint density at radius 3 is 2.62 bits per heavy atom. The molecule has 0 amide bonds. The van der Waals surface area contributed by atoms with Gasteiger partial charge in [-0.1, -0.05) is 12.1 Å². The van der Waals surface area contributed by atoms with E-state index >= 15 is 0 Å². The predicted molar refractivity (Wildman–Crippen MR) is 83.8 cm³/mol. The molecule has 6 rings (SSSR count). The Labute approximate surface area is 124 Å². The van der Waals surface area contributed by atoms with E-state index in [1.165, 1.54) is 42.4 Å². The van der Waals surface area contributed by atoms with Gasteiger partial charge in [-0.15, -0.1) is 0 Å². The van der Waals surface area contributed by atoms with Crippen molar-refractivity contribution in [1.29, 1.82) is 0 Å². The number of piperidine rings is 3. The fraction of sp³-hybridized carbons (Fsp3) is 0.500. The lowest BCUT2D eigenvalue weighted by molar-refractivity contribution is 0.0556. The van der Waals surface area contributed by atoms with Gasteiger partial charge in [-0.25, -0.2) is 0 Å². The maximum atomic E-state index is 13.0. The molecule has 1 aromatic carbocycles. The largest absolute Gasteiger partial charge is 0.310 e. The van der Waals surface area contributed by atoms with E-state index in [-0.39, 0.29) is 5.56 Å². The molecule has 4 heterocycles. The van der Waals surface area contributed by atoms with Gasteiger partial charge in [-0.2, -0.15) is 0 Å². The van der Waals surface area contributed by atoms with E-state index in [4.69, 9.17) is 0 Å². The third-order valence-corrected chi connectivity index (χ3v) is 5.87. The van der Waals surface area contributed by atoms with Crippen molar-refractivity contribution in [2.45, 2.75) is 31.7 Å². The highest BCUT2D eigenvalue weighted by Gasteiger charge is 2.36. The second kappa shape index (κ2) is 4.20. The molecule has 0 spiro atoms. The molecule has 0 radical (unpaired) electrons. The summed E-state index contributed by atoms with van der Waals surface area (Å²) in [6.45, 7) is 3.51. The first kappa shape index (κ1) is 12.0. The molecule has 0 unspecified atom stereocenters. The van der Waals surface area contributed by atoms with Crippen molar-refractivity contribution in [3.05, 3.63) is 45.9 Å². The van der Waals surface area contributed by atoms with E-state index in [1.54, 1.807) is 0 Å². The molecule has 2 bridgehead atoms. The predicted octanol–water partition coefficient (Wildman–Crippen LogP) is 2.37. The van der Waals surface area contributed by atoms with Crippen molar-refractivity contribution in [3.63, 3.8) is 0 Å². The van der Waals surface area contributed by atoms with Gasteiger partial charge in [0.05, 0.1) is 6.04 Å². The van der Waals surface area contributed by atoms with Crippen LogP contribution in [0.25, 0.3) is 10.8 Å². The van der Waals surface area contributed by atoms with Crippen LogP contribution in [0.1, 0.15) is 30.0 Å². The van der Waals surface area contributed by atoms with Crippen molar-refractivity contribution in [1.82, 2.24) is 9.47 Å². The van der Waals surface area contributed by atoms with E-state index in [0.29, 0.717) is 12.0 Å². The molecule has 21 heavy (non-hydrogen) atoms. The highest BCUT2D eigenvalue weighted by molar-refractivity contribution is 5.89. The Balaban J connectivity index is 1.72. The fourth-order valence-corrected chi connectivity index (χ4v) is 4.75. The van der Waals surface area contributed by atoms with Crippen LogP contribution in [0.3, 0.4) is 0 Å². The summed E-state index contributed by atoms with van der Waals surface area (Å²) in [4.78, 5) is 15.5. The van der Waals surface area contributed by atoms with Crippen LogP contribution in [0.5, 0.6) is 0 Å². The topological polar surface area (TPSA) is 25.2 Å². The zero-order chi connectivity index (χ0) is 14.0. The molecule has 1 aliphatic carbocycles. The number of hydrogen-bond acceptors (Lipinski definition) is 2. The first-order valence-electron chi connectivity index (χ1n) is 8.19. The molecule has 3 fully saturated rings. The van der Waals surface area contributed by atoms with Crippen LogP contribution in [-0.4, -0.2) is 29.1 Å². The van der Waals surface area contributed by atoms with Gasteiger partial charge in [-0.3, -0.25) is 4.79 Å². The molecule has 3 nitrogen and oxygen atoms in total. The van der Waals surface area contributed by atoms with Crippen molar-refractivity contribution in [3.8, 4) is 0 Å². The minimum atomic E-state index is 0.233. The van der Waals surface area contributed by atoms with Gasteiger partial charge in [0, 0.05) is 18.1 Å². The fourth-order valence-electron chi connectivity index (χ4n) is 4.75. The SMILES string of the molecule is O=c1c2cccc3c2c(cn1[C@H]1CN2CCC1CC2)CC3. The quantitative estimate of drug-likeness (QED) is 0.801. The molecule has 0 saturated carbocycles. The average Bonchev–Trinajstić information content (AvgIpc) is 2.96. The lowest BCUT2D eigenvalue weighted by Crippen LogP contribution is -2.50. The van der Waals surface area contributed by atoms with Crippen LogP contribution < -0.4 is 5.56 Å². The molecule has 1 atom stereocenters. The van der Waals surface area contributed by atoms with Gasteiger partial charge in [0.2, 0.25) is 0 Å². The van der Waals surface area contributed by atoms with E-state index in [1.807, 2.05) is 6.07 Å². The van der Waals surface area contributed by atoms with E-state index in [0.717, 1.165) is 24.8 Å². The van der Waals surface area contributed by atoms with E-state index in [2.05, 4.69) is 27.8 Å². The second-order valence-corrected chi connectivity index (χ2v) is 6.91. The minimum absolute atomic E-state index is 0.233. The normalized spacial score (nSPS) is 30.2. The Bertz CT molecular complexity index is 784. The van der Waals surface area contributed by atoms with Crippen LogP contribution in [0, 0.1) is 5.92 Å². The number of rotatable bonds is 1. The lowest BCUT2D eigenvalue weighted by Gasteiger charge is -2.45. The van der Waals surface area contributed by atoms with Gasteiger partial charge < -0.3 is 9.47 Å². The molecule has 2 aromatic rings. The van der Waals surface area contributed by atoms with Crippen molar-refractivity contribution in [2.24, 2.45) is 5.92 Å². The third kappa shape index (κ3) is 1.61. The number of fused-ring (bicyclic) bond motifs is 3. The summed E-state index contributed by atoms with van der Waals surface area (Å²) in [6.07, 6.45) is 6.89. The van der Waals surface area contributed by atoms with Gasteiger partial charge in [0.25, 0.3) is 5.56 Å². The number of hydrogen-bond donors (Lipinski definition) is 0. The van der Waals surface area contributed by atoms with E-state index < -0.39 is 0 Å². The van der Waals surface area contributed by atoms with Crippen LogP contribution in [0.15, 0.2) is 29.2 Å². The summed E-state index contributed by atoms with van der Waals surface area (Å²) in [5.41, 5.74) is 2.98. The Kier molecular flexibility index (Phi) is 2.40. The molecule has 108 valence electrons. The zero-order valence-electron chi connectivity index (χ0n) is 12.2. The number of nitrogens with zero attached hydrogens (tertiary/aromatic N) is 2.